The Balaban J connectivity index is 0. The number of carbonyl (C=O) groups is 1. The zero-order valence-electron chi connectivity index (χ0n) is 8.53. The lowest BCUT2D eigenvalue weighted by atomic mass is 10.7. The molecule has 0 aliphatic heterocycles. The molecule has 0 N–H and O–H groups in total. The third-order valence-electron chi connectivity index (χ3n) is 1.10. The zero-order chi connectivity index (χ0) is 9.98. The van der Waals surface area contributed by atoms with Crippen LogP contribution in [0.3, 0.4) is 0 Å². The van der Waals surface area contributed by atoms with Gasteiger partial charge >= 0.3 is 0 Å². The molecule has 0 aromatic heterocycles. The number of likely N-dealkylation sites (N-methyl/N-ethyl adjacent to an activating group) is 1. The summed E-state index contributed by atoms with van der Waals surface area (Å²) >= 11 is 0. The van der Waals surface area contributed by atoms with E-state index in [1.807, 2.05) is 25.9 Å². The Hall–Kier alpha value is -0.450. The highest BCUT2D eigenvalue weighted by molar-refractivity contribution is 5.51. The van der Waals surface area contributed by atoms with Gasteiger partial charge in [-0.2, -0.15) is 0 Å². The maximum absolute atomic E-state index is 9.57. The molecule has 0 spiro atoms. The summed E-state index contributed by atoms with van der Waals surface area (Å²) in [4.78, 5) is 11.4. The van der Waals surface area contributed by atoms with Gasteiger partial charge < -0.3 is 19.2 Å². The Morgan fingerprint density at radius 2 is 1.75 bits per heavy atom. The number of carbonyl (C=O) groups excluding carboxylic acids is 1. The molecule has 0 bridgehead atoms. The second kappa shape index (κ2) is 10.6. The molecule has 0 fully saturated rings. The molecule has 0 saturated carbocycles. The maximum atomic E-state index is 9.57. The van der Waals surface area contributed by atoms with Crippen LogP contribution >= 0.6 is 0 Å². The van der Waals surface area contributed by atoms with Crippen molar-refractivity contribution in [3.63, 3.8) is 0 Å². The van der Waals surface area contributed by atoms with Crippen molar-refractivity contribution < 1.29 is 14.3 Å². The second-order valence-corrected chi connectivity index (χ2v) is 2.47. The SMILES string of the molecule is CN(C)CC=O.COC(C)OC. The number of ether oxygens (including phenoxy) is 2. The average Bonchev–Trinajstić information content (AvgIpc) is 2.04. The number of hydrogen-bond donors (Lipinski definition) is 0. The molecular weight excluding hydrogens is 158 g/mol. The Kier molecular flexibility index (Phi) is 12.4. The van der Waals surface area contributed by atoms with E-state index < -0.39 is 0 Å². The van der Waals surface area contributed by atoms with Crippen molar-refractivity contribution in [3.8, 4) is 0 Å². The van der Waals surface area contributed by atoms with Gasteiger partial charge in [0, 0.05) is 14.2 Å². The highest BCUT2D eigenvalue weighted by Crippen LogP contribution is 1.82. The van der Waals surface area contributed by atoms with E-state index in [-0.39, 0.29) is 6.29 Å². The summed E-state index contributed by atoms with van der Waals surface area (Å²) in [5, 5.41) is 0. The number of rotatable bonds is 4. The quantitative estimate of drug-likeness (QED) is 0.459. The summed E-state index contributed by atoms with van der Waals surface area (Å²) in [6, 6.07) is 0. The molecule has 4 nitrogen and oxygen atoms in total. The van der Waals surface area contributed by atoms with Crippen molar-refractivity contribution in [1.29, 1.82) is 0 Å². The lowest BCUT2D eigenvalue weighted by Crippen LogP contribution is -2.13. The molecule has 0 atom stereocenters. The van der Waals surface area contributed by atoms with Crippen molar-refractivity contribution in [2.75, 3.05) is 34.9 Å². The minimum absolute atomic E-state index is 0.0648. The largest absolute Gasteiger partial charge is 0.356 e. The molecule has 0 radical (unpaired) electrons. The lowest BCUT2D eigenvalue weighted by molar-refractivity contribution is -0.108. The molecule has 12 heavy (non-hydrogen) atoms. The van der Waals surface area contributed by atoms with E-state index in [0.29, 0.717) is 6.54 Å². The van der Waals surface area contributed by atoms with Crippen LogP contribution in [0.2, 0.25) is 0 Å². The molecule has 0 amide bonds. The van der Waals surface area contributed by atoms with Gasteiger partial charge in [0.25, 0.3) is 0 Å². The van der Waals surface area contributed by atoms with E-state index in [9.17, 15) is 4.79 Å². The van der Waals surface area contributed by atoms with E-state index in [2.05, 4.69) is 9.47 Å². The maximum Gasteiger partial charge on any atom is 0.154 e. The third kappa shape index (κ3) is 16.3. The van der Waals surface area contributed by atoms with Gasteiger partial charge in [-0.25, -0.2) is 0 Å². The van der Waals surface area contributed by atoms with Crippen molar-refractivity contribution >= 4 is 6.29 Å². The van der Waals surface area contributed by atoms with E-state index in [1.54, 1.807) is 14.2 Å². The number of aldehydes is 1. The topological polar surface area (TPSA) is 38.8 Å². The van der Waals surface area contributed by atoms with Crippen LogP contribution in [-0.2, 0) is 14.3 Å². The third-order valence-corrected chi connectivity index (χ3v) is 1.10. The molecule has 0 aliphatic rings. The minimum atomic E-state index is -0.0648. The van der Waals surface area contributed by atoms with Gasteiger partial charge in [0.05, 0.1) is 6.54 Å². The monoisotopic (exact) mass is 177 g/mol. The Morgan fingerprint density at radius 3 is 1.75 bits per heavy atom. The van der Waals surface area contributed by atoms with Crippen molar-refractivity contribution in [2.24, 2.45) is 0 Å². The first-order chi connectivity index (χ1) is 5.58. The van der Waals surface area contributed by atoms with Gasteiger partial charge in [-0.1, -0.05) is 0 Å². The number of methoxy groups -OCH3 is 2. The summed E-state index contributed by atoms with van der Waals surface area (Å²) in [6.45, 7) is 2.36. The van der Waals surface area contributed by atoms with Crippen LogP contribution in [0, 0.1) is 0 Å². The molecule has 0 aromatic rings. The fourth-order valence-electron chi connectivity index (χ4n) is 0.245. The standard InChI is InChI=1S/C4H9NO.C4H10O2/c1-5(2)3-4-6;1-4(5-2)6-3/h4H,3H2,1-2H3;4H,1-3H3. The molecule has 0 aromatic carbocycles. The fourth-order valence-corrected chi connectivity index (χ4v) is 0.245. The zero-order valence-corrected chi connectivity index (χ0v) is 8.53. The smallest absolute Gasteiger partial charge is 0.154 e. The van der Waals surface area contributed by atoms with Crippen LogP contribution in [0.4, 0.5) is 0 Å². The van der Waals surface area contributed by atoms with Crippen molar-refractivity contribution in [3.05, 3.63) is 0 Å². The minimum Gasteiger partial charge on any atom is -0.356 e. The van der Waals surface area contributed by atoms with Crippen LogP contribution in [0.25, 0.3) is 0 Å². The first kappa shape index (κ1) is 14.1. The van der Waals surface area contributed by atoms with Gasteiger partial charge in [-0.15, -0.1) is 0 Å². The summed E-state index contributed by atoms with van der Waals surface area (Å²) in [5.41, 5.74) is 0. The number of hydrogen-bond acceptors (Lipinski definition) is 4. The van der Waals surface area contributed by atoms with Crippen LogP contribution in [0.15, 0.2) is 0 Å². The normalized spacial score (nSPS) is 9.58. The van der Waals surface area contributed by atoms with Crippen molar-refractivity contribution in [2.45, 2.75) is 13.2 Å². The fraction of sp³-hybridized carbons (Fsp3) is 0.875. The Labute approximate surface area is 74.4 Å². The van der Waals surface area contributed by atoms with E-state index in [4.69, 9.17) is 0 Å². The Morgan fingerprint density at radius 1 is 1.33 bits per heavy atom. The summed E-state index contributed by atoms with van der Waals surface area (Å²) in [6.07, 6.45) is 0.810. The molecule has 4 heteroatoms. The van der Waals surface area contributed by atoms with Gasteiger partial charge in [-0.3, -0.25) is 0 Å². The second-order valence-electron chi connectivity index (χ2n) is 2.47. The molecule has 0 unspecified atom stereocenters. The molecule has 74 valence electrons. The van der Waals surface area contributed by atoms with Crippen molar-refractivity contribution in [1.82, 2.24) is 4.90 Å². The Bertz CT molecular complexity index is 92.3. The molecule has 0 saturated heterocycles. The predicted molar refractivity (Wildman–Crippen MR) is 48.1 cm³/mol. The summed E-state index contributed by atoms with van der Waals surface area (Å²) in [7, 11) is 6.92. The molecular formula is C8H19NO3. The van der Waals surface area contributed by atoms with Gasteiger partial charge in [-0.05, 0) is 21.0 Å². The van der Waals surface area contributed by atoms with E-state index >= 15 is 0 Å². The van der Waals surface area contributed by atoms with Gasteiger partial charge in [0.1, 0.15) is 6.29 Å². The van der Waals surface area contributed by atoms with Crippen LogP contribution < -0.4 is 0 Å². The summed E-state index contributed by atoms with van der Waals surface area (Å²) < 4.78 is 9.35. The van der Waals surface area contributed by atoms with Crippen LogP contribution in [0.1, 0.15) is 6.92 Å². The first-order valence-corrected chi connectivity index (χ1v) is 3.72. The lowest BCUT2D eigenvalue weighted by Gasteiger charge is -2.03. The van der Waals surface area contributed by atoms with Crippen LogP contribution in [0.5, 0.6) is 0 Å². The summed E-state index contributed by atoms with van der Waals surface area (Å²) in [5.74, 6) is 0. The van der Waals surface area contributed by atoms with Gasteiger partial charge in [0.15, 0.2) is 6.29 Å². The average molecular weight is 177 g/mol. The van der Waals surface area contributed by atoms with E-state index in [0.717, 1.165) is 6.29 Å². The van der Waals surface area contributed by atoms with Gasteiger partial charge in [0.2, 0.25) is 0 Å². The highest BCUT2D eigenvalue weighted by atomic mass is 16.7. The number of nitrogens with zero attached hydrogens (tertiary/aromatic N) is 1. The molecule has 0 rings (SSSR count). The molecule has 0 heterocycles. The van der Waals surface area contributed by atoms with E-state index in [1.165, 1.54) is 0 Å². The first-order valence-electron chi connectivity index (χ1n) is 3.72. The highest BCUT2D eigenvalue weighted by Gasteiger charge is 1.87. The molecule has 0 aliphatic carbocycles. The predicted octanol–water partition coefficient (Wildman–Crippen LogP) is 0.372. The van der Waals surface area contributed by atoms with Crippen LogP contribution in [-0.4, -0.2) is 52.3 Å².